The van der Waals surface area contributed by atoms with E-state index in [1.54, 1.807) is 111 Å². The maximum atomic E-state index is 14.0. The second kappa shape index (κ2) is 52.5. The molecule has 17 N–H and O–H groups in total. The van der Waals surface area contributed by atoms with Crippen LogP contribution in [0.1, 0.15) is 141 Å². The summed E-state index contributed by atoms with van der Waals surface area (Å²) in [5, 5.41) is 35.2. The highest BCUT2D eigenvalue weighted by molar-refractivity contribution is 7.09. The number of nitrogens with one attached hydrogen (secondary N) is 4. The van der Waals surface area contributed by atoms with Gasteiger partial charge < -0.3 is 98.8 Å². The van der Waals surface area contributed by atoms with Crippen molar-refractivity contribution in [1.82, 2.24) is 55.2 Å². The number of hydrogen-bond acceptors (Lipinski definition) is 39. The summed E-state index contributed by atoms with van der Waals surface area (Å²) in [6.07, 6.45) is 7.94. The van der Waals surface area contributed by atoms with Crippen molar-refractivity contribution in [2.75, 3.05) is 112 Å². The van der Waals surface area contributed by atoms with Crippen LogP contribution < -0.4 is 79.5 Å². The number of aromatic nitrogens is 7. The smallest absolute Gasteiger partial charge is 0.325 e. The minimum Gasteiger partial charge on any atom is -0.508 e. The highest BCUT2D eigenvalue weighted by Crippen LogP contribution is 2.41. The number of halogens is 2. The Morgan fingerprint density at radius 3 is 1.82 bits per heavy atom. The van der Waals surface area contributed by atoms with E-state index in [1.807, 2.05) is 6.07 Å². The average Bonchev–Trinajstić information content (AvgIpc) is 1.23. The standard InChI is InChI=1S/C26H29N5O6S.C24H23N5O8S.C22H22Cl2N2O6.C14H19N9O4/c1-2-36-20(33)10-9-19(32)23(16-7-8-18-15(13-16)5-3-11-29-18)31(14-17-6-4-12-37-17)26(35)24-21(27)22(25(28)34)30-38-24;1-2-35-17(31)10-27-23(33)20(12-3-6-14(30)7-4-12)29(13-5-8-15-16(9-13)37-11-36-15)24(34)21-18(25)19(22(26)32)28-38-21;23-15-1-6-19(7-2-15)31-13-18(28)12-25-21(29)10-5-17(27)11-26-22(30)14-32-20-8-3-16(24)4-9-20;15-12-10(20-26-21-12)6-9(24)7-17-4-2-1-3-5-18-8-11(25)19-14-13(16)22-27-23-14/h3,5,7-8,11,13,17,23H,2,4,6,9-10,12,14,27H2,1H3,(H2,28,34);3-9,20,30H,2,10-11,25H2,1H3,(H2,26,32)(H,27,33);1-4,6-9H,5,10-14H2,(H,25,29)(H,26,30);4-5H,1-3,6-8H2,(H2,15,21)(H2,16,22)(H,19,23,25). The molecule has 5 aromatic heterocycles. The Hall–Kier alpha value is -15.5. The number of aromatic hydroxyl groups is 1. The van der Waals surface area contributed by atoms with Crippen molar-refractivity contribution < 1.29 is 115 Å². The van der Waals surface area contributed by atoms with E-state index < -0.39 is 71.9 Å². The van der Waals surface area contributed by atoms with Crippen molar-refractivity contribution in [2.45, 2.75) is 96.2 Å². The number of ketones is 4. The van der Waals surface area contributed by atoms with Crippen LogP contribution in [0.4, 0.5) is 34.5 Å². The first-order valence-electron chi connectivity index (χ1n) is 41.2. The van der Waals surface area contributed by atoms with Gasteiger partial charge in [0, 0.05) is 65.8 Å². The SMILES string of the molecule is CCOC(=O)CCC(=O)C(c1ccc2ncccc2c1)N(CC1CCCO1)C(=O)c1snc(C(N)=O)c1N.CCOC(=O)CNC(=O)C(c1ccc(O)cc1)N(C(=O)c1snc(C(N)=O)c1N)c1ccc2c(c1)OCO2.Nc1nonc1CC(=O)CN=CCCCC=NCC(=O)Nc1nonc1N.O=C(CCC(=O)NCC(=O)COc1ccc(Cl)cc1)CNC(=O)COc1ccc(Cl)cc1. The van der Waals surface area contributed by atoms with E-state index in [0.717, 1.165) is 40.2 Å². The molecule has 135 heavy (non-hydrogen) atoms. The summed E-state index contributed by atoms with van der Waals surface area (Å²) in [7, 11) is 0. The molecule has 1 saturated heterocycles. The summed E-state index contributed by atoms with van der Waals surface area (Å²) in [5.74, 6) is -5.66. The zero-order valence-electron chi connectivity index (χ0n) is 72.4. The van der Waals surface area contributed by atoms with Gasteiger partial charge in [-0.2, -0.15) is 8.75 Å². The Balaban J connectivity index is 0.000000204. The molecule has 1 fully saturated rings. The summed E-state index contributed by atoms with van der Waals surface area (Å²) in [6.45, 7) is 2.88. The number of phenolic OH excluding ortho intramolecular Hbond substituents is 1. The molecule has 0 radical (unpaired) electrons. The number of hydrogen-bond donors (Lipinski definition) is 11. The van der Waals surface area contributed by atoms with Crippen LogP contribution in [-0.2, 0) is 68.6 Å². The van der Waals surface area contributed by atoms with Gasteiger partial charge in [-0.05, 0) is 199 Å². The van der Waals surface area contributed by atoms with Crippen molar-refractivity contribution in [3.05, 3.63) is 176 Å². The van der Waals surface area contributed by atoms with Gasteiger partial charge in [0.25, 0.3) is 29.5 Å². The Kier molecular flexibility index (Phi) is 40.2. The number of fused-ring (bicyclic) bond motifs is 2. The number of anilines is 6. The van der Waals surface area contributed by atoms with E-state index in [1.165, 1.54) is 41.3 Å². The number of ether oxygens (including phenoxy) is 7. The summed E-state index contributed by atoms with van der Waals surface area (Å²) in [4.78, 5) is 188. The lowest BCUT2D eigenvalue weighted by molar-refractivity contribution is -0.144. The number of carbonyl (C=O) groups excluding carboxylic acids is 14. The van der Waals surface area contributed by atoms with Crippen LogP contribution >= 0.6 is 46.3 Å². The van der Waals surface area contributed by atoms with Gasteiger partial charge in [0.15, 0.2) is 58.4 Å². The maximum Gasteiger partial charge on any atom is 0.325 e. The molecule has 5 aromatic carbocycles. The largest absolute Gasteiger partial charge is 0.508 e. The number of Topliss-reactive ketones (excluding diaryl/α,β-unsaturated/α-hetero) is 4. The molecule has 0 aliphatic carbocycles. The Bertz CT molecular complexity index is 5750. The van der Waals surface area contributed by atoms with Crippen LogP contribution in [0.2, 0.25) is 10.0 Å². The van der Waals surface area contributed by atoms with E-state index in [-0.39, 0.29) is 200 Å². The van der Waals surface area contributed by atoms with Crippen molar-refractivity contribution in [1.29, 1.82) is 0 Å². The average molecular weight is 1940 g/mol. The number of esters is 2. The first-order chi connectivity index (χ1) is 64.9. The fourth-order valence-electron chi connectivity index (χ4n) is 12.3. The predicted octanol–water partition coefficient (Wildman–Crippen LogP) is 6.25. The summed E-state index contributed by atoms with van der Waals surface area (Å²) < 4.78 is 53.7. The number of benzene rings is 5. The number of carbonyl (C=O) groups is 14. The number of rotatable bonds is 44. The molecule has 10 aromatic rings. The van der Waals surface area contributed by atoms with Gasteiger partial charge >= 0.3 is 11.9 Å². The number of unbranched alkanes of at least 4 members (excludes halogenated alkanes) is 2. The number of amides is 8. The molecule has 12 rings (SSSR count). The maximum absolute atomic E-state index is 14.0. The van der Waals surface area contributed by atoms with Gasteiger partial charge in [-0.15, -0.1) is 0 Å². The fourth-order valence-corrected chi connectivity index (χ4v) is 14.1. The van der Waals surface area contributed by atoms with E-state index in [0.29, 0.717) is 81.7 Å². The molecule has 3 unspecified atom stereocenters. The lowest BCUT2D eigenvalue weighted by Crippen LogP contribution is -2.45. The number of nitrogen functional groups attached to an aromatic ring is 4. The second-order valence-electron chi connectivity index (χ2n) is 28.7. The lowest BCUT2D eigenvalue weighted by Gasteiger charge is -2.33. The Morgan fingerprint density at radius 2 is 1.21 bits per heavy atom. The topological polar surface area (TPSA) is 676 Å². The lowest BCUT2D eigenvalue weighted by atomic mass is 9.95. The molecule has 712 valence electrons. The number of phenols is 1. The van der Waals surface area contributed by atoms with Gasteiger partial charge in [0.05, 0.1) is 68.7 Å². The third-order valence-electron chi connectivity index (χ3n) is 18.9. The quantitative estimate of drug-likeness (QED) is 0.0114. The van der Waals surface area contributed by atoms with Crippen molar-refractivity contribution in [2.24, 2.45) is 21.5 Å². The first-order valence-corrected chi connectivity index (χ1v) is 43.5. The zero-order valence-corrected chi connectivity index (χ0v) is 75.5. The van der Waals surface area contributed by atoms with Crippen LogP contribution in [0.15, 0.2) is 147 Å². The van der Waals surface area contributed by atoms with Gasteiger partial charge in [-0.25, -0.2) is 9.26 Å². The van der Waals surface area contributed by atoms with Gasteiger partial charge in [-0.3, -0.25) is 87.0 Å². The molecule has 49 heteroatoms. The minimum atomic E-state index is -1.38. The normalized spacial score (nSPS) is 12.6. The molecule has 0 bridgehead atoms. The Labute approximate surface area is 786 Å². The molecule has 2 aliphatic heterocycles. The van der Waals surface area contributed by atoms with Crippen molar-refractivity contribution in [3.8, 4) is 28.7 Å². The predicted molar refractivity (Wildman–Crippen MR) is 490 cm³/mol. The number of aliphatic imine (C=N–C) groups is 2. The molecule has 7 heterocycles. The molecular weight excluding hydrogens is 1850 g/mol. The summed E-state index contributed by atoms with van der Waals surface area (Å²) in [6, 6.07) is 29.7. The number of nitrogens with two attached hydrogens (primary N) is 6. The van der Waals surface area contributed by atoms with E-state index in [9.17, 15) is 72.2 Å². The van der Waals surface area contributed by atoms with Crippen LogP contribution in [0.25, 0.3) is 10.9 Å². The Morgan fingerprint density at radius 1 is 0.600 bits per heavy atom. The molecule has 8 amide bonds. The fraction of sp³-hybridized carbons (Fsp3) is 0.314. The molecule has 2 aliphatic rings. The zero-order chi connectivity index (χ0) is 97.5. The highest BCUT2D eigenvalue weighted by Gasteiger charge is 2.40. The molecule has 3 atom stereocenters. The van der Waals surface area contributed by atoms with Gasteiger partial charge in [0.2, 0.25) is 36.2 Å². The van der Waals surface area contributed by atoms with Crippen LogP contribution in [0.5, 0.6) is 28.7 Å². The third kappa shape index (κ3) is 32.2. The highest BCUT2D eigenvalue weighted by atomic mass is 35.5. The minimum absolute atomic E-state index is 0.00226. The van der Waals surface area contributed by atoms with E-state index in [2.05, 4.69) is 74.9 Å². The van der Waals surface area contributed by atoms with Crippen LogP contribution in [0.3, 0.4) is 0 Å². The van der Waals surface area contributed by atoms with E-state index in [4.69, 9.17) is 90.8 Å². The van der Waals surface area contributed by atoms with Crippen molar-refractivity contribution in [3.63, 3.8) is 0 Å². The van der Waals surface area contributed by atoms with Crippen LogP contribution in [-0.4, -0.2) is 224 Å². The van der Waals surface area contributed by atoms with Gasteiger partial charge in [0.1, 0.15) is 64.5 Å². The number of primary amides is 2. The molecule has 0 saturated carbocycles. The molecular formula is C86H93Cl2N21O24S2. The summed E-state index contributed by atoms with van der Waals surface area (Å²) >= 11 is 12.9. The number of nitrogens with zero attached hydrogens (tertiary/aromatic N) is 11. The van der Waals surface area contributed by atoms with Crippen LogP contribution in [0, 0.1) is 0 Å². The third-order valence-corrected chi connectivity index (χ3v) is 21.1. The van der Waals surface area contributed by atoms with E-state index >= 15 is 0 Å². The number of pyridine rings is 1. The first kappa shape index (κ1) is 103. The molecule has 45 nitrogen and oxygen atoms in total. The van der Waals surface area contributed by atoms with Crippen molar-refractivity contribution >= 4 is 186 Å². The molecule has 0 spiro atoms. The van der Waals surface area contributed by atoms with Gasteiger partial charge in [-0.1, -0.05) is 52.6 Å². The summed E-state index contributed by atoms with van der Waals surface area (Å²) in [5.41, 5.74) is 34.9. The second-order valence-corrected chi connectivity index (χ2v) is 31.1. The monoisotopic (exact) mass is 1940 g/mol.